The maximum absolute atomic E-state index is 12.0. The summed E-state index contributed by atoms with van der Waals surface area (Å²) >= 11 is 0. The number of rotatable bonds is 8. The Bertz CT molecular complexity index is 586. The van der Waals surface area contributed by atoms with Crippen molar-refractivity contribution in [1.82, 2.24) is 10.2 Å². The summed E-state index contributed by atoms with van der Waals surface area (Å²) in [5, 5.41) is 6.14. The van der Waals surface area contributed by atoms with Gasteiger partial charge in [0.05, 0.1) is 6.54 Å². The lowest BCUT2D eigenvalue weighted by Crippen LogP contribution is -2.42. The number of nitrogens with zero attached hydrogens (tertiary/aromatic N) is 1. The van der Waals surface area contributed by atoms with Crippen molar-refractivity contribution < 1.29 is 4.79 Å². The molecule has 4 nitrogen and oxygen atoms in total. The molecule has 2 aromatic rings. The van der Waals surface area contributed by atoms with Crippen LogP contribution in [0.15, 0.2) is 60.7 Å². The Morgan fingerprint density at radius 1 is 1.04 bits per heavy atom. The first-order valence-corrected chi connectivity index (χ1v) is 7.94. The van der Waals surface area contributed by atoms with Crippen molar-refractivity contribution in [3.8, 4) is 0 Å². The van der Waals surface area contributed by atoms with Crippen LogP contribution in [0.2, 0.25) is 0 Å². The van der Waals surface area contributed by atoms with Gasteiger partial charge in [-0.05, 0) is 31.7 Å². The average molecular weight is 311 g/mol. The molecule has 0 aromatic heterocycles. The summed E-state index contributed by atoms with van der Waals surface area (Å²) in [5.74, 6) is 0.00876. The summed E-state index contributed by atoms with van der Waals surface area (Å²) in [7, 11) is 2.07. The van der Waals surface area contributed by atoms with E-state index in [1.165, 1.54) is 5.56 Å². The van der Waals surface area contributed by atoms with Gasteiger partial charge in [-0.1, -0.05) is 48.5 Å². The normalized spacial score (nSPS) is 12.0. The van der Waals surface area contributed by atoms with E-state index in [1.807, 2.05) is 55.5 Å². The van der Waals surface area contributed by atoms with Crippen LogP contribution in [0, 0.1) is 0 Å². The molecule has 0 aliphatic rings. The molecule has 0 aliphatic heterocycles. The third-order valence-corrected chi connectivity index (χ3v) is 3.52. The van der Waals surface area contributed by atoms with Crippen molar-refractivity contribution in [2.75, 3.05) is 25.5 Å². The molecule has 0 fully saturated rings. The lowest BCUT2D eigenvalue weighted by Gasteiger charge is -2.22. The zero-order valence-electron chi connectivity index (χ0n) is 13.8. The fourth-order valence-corrected chi connectivity index (χ4v) is 2.54. The van der Waals surface area contributed by atoms with Crippen molar-refractivity contribution >= 4 is 11.6 Å². The van der Waals surface area contributed by atoms with Gasteiger partial charge in [-0.3, -0.25) is 4.79 Å². The molecule has 23 heavy (non-hydrogen) atoms. The zero-order valence-corrected chi connectivity index (χ0v) is 13.8. The highest BCUT2D eigenvalue weighted by atomic mass is 16.1. The van der Waals surface area contributed by atoms with Gasteiger partial charge in [0.1, 0.15) is 0 Å². The van der Waals surface area contributed by atoms with Crippen molar-refractivity contribution in [2.45, 2.75) is 19.5 Å². The second kappa shape index (κ2) is 8.96. The summed E-state index contributed by atoms with van der Waals surface area (Å²) in [5.41, 5.74) is 2.23. The van der Waals surface area contributed by atoms with E-state index in [-0.39, 0.29) is 18.5 Å². The maximum atomic E-state index is 12.0. The molecule has 0 saturated heterocycles. The fourth-order valence-electron chi connectivity index (χ4n) is 2.54. The number of hydrogen-bond donors (Lipinski definition) is 2. The Kier molecular flexibility index (Phi) is 6.63. The van der Waals surface area contributed by atoms with Crippen LogP contribution < -0.4 is 10.6 Å². The summed E-state index contributed by atoms with van der Waals surface area (Å²) in [4.78, 5) is 14.2. The van der Waals surface area contributed by atoms with Crippen LogP contribution in [0.4, 0.5) is 5.69 Å². The Hall–Kier alpha value is -2.33. The highest BCUT2D eigenvalue weighted by molar-refractivity contribution is 5.80. The number of carbonyl (C=O) groups is 1. The second-order valence-corrected chi connectivity index (χ2v) is 5.87. The lowest BCUT2D eigenvalue weighted by atomic mass is 10.2. The van der Waals surface area contributed by atoms with E-state index in [1.54, 1.807) is 0 Å². The van der Waals surface area contributed by atoms with Crippen molar-refractivity contribution in [1.29, 1.82) is 0 Å². The van der Waals surface area contributed by atoms with Gasteiger partial charge in [0, 0.05) is 24.8 Å². The lowest BCUT2D eigenvalue weighted by molar-refractivity contribution is -0.120. The Labute approximate surface area is 138 Å². The Morgan fingerprint density at radius 3 is 2.30 bits per heavy atom. The highest BCUT2D eigenvalue weighted by Gasteiger charge is 2.10. The quantitative estimate of drug-likeness (QED) is 0.788. The number of carbonyl (C=O) groups excluding carboxylic acids is 1. The van der Waals surface area contributed by atoms with Gasteiger partial charge in [-0.15, -0.1) is 0 Å². The van der Waals surface area contributed by atoms with Crippen molar-refractivity contribution in [2.24, 2.45) is 0 Å². The van der Waals surface area contributed by atoms with Crippen molar-refractivity contribution in [3.05, 3.63) is 66.2 Å². The fraction of sp³-hybridized carbons (Fsp3) is 0.316. The van der Waals surface area contributed by atoms with E-state index in [0.29, 0.717) is 0 Å². The summed E-state index contributed by atoms with van der Waals surface area (Å²) in [6, 6.07) is 20.2. The first kappa shape index (κ1) is 17.0. The van der Waals surface area contributed by atoms with Gasteiger partial charge in [0.25, 0.3) is 0 Å². The SMILES string of the molecule is CC(CN(C)Cc1ccccc1)NC(=O)CNc1ccccc1. The van der Waals surface area contributed by atoms with E-state index >= 15 is 0 Å². The van der Waals surface area contributed by atoms with Gasteiger partial charge in [-0.2, -0.15) is 0 Å². The number of benzene rings is 2. The molecule has 0 spiro atoms. The largest absolute Gasteiger partial charge is 0.376 e. The first-order chi connectivity index (χ1) is 11.1. The summed E-state index contributed by atoms with van der Waals surface area (Å²) in [6.07, 6.45) is 0. The molecule has 0 heterocycles. The molecule has 4 heteroatoms. The molecule has 0 aliphatic carbocycles. The van der Waals surface area contributed by atoms with E-state index in [9.17, 15) is 4.79 Å². The predicted molar refractivity (Wildman–Crippen MR) is 95.3 cm³/mol. The Balaban J connectivity index is 1.69. The van der Waals surface area contributed by atoms with E-state index < -0.39 is 0 Å². The van der Waals surface area contributed by atoms with Gasteiger partial charge >= 0.3 is 0 Å². The molecule has 1 atom stereocenters. The number of likely N-dealkylation sites (N-methyl/N-ethyl adjacent to an activating group) is 1. The first-order valence-electron chi connectivity index (χ1n) is 7.94. The van der Waals surface area contributed by atoms with Gasteiger partial charge in [-0.25, -0.2) is 0 Å². The third kappa shape index (κ3) is 6.53. The molecular formula is C19H25N3O. The minimum atomic E-state index is 0.00876. The Morgan fingerprint density at radius 2 is 1.65 bits per heavy atom. The number of para-hydroxylation sites is 1. The monoisotopic (exact) mass is 311 g/mol. The third-order valence-electron chi connectivity index (χ3n) is 3.52. The number of nitrogens with one attached hydrogen (secondary N) is 2. The van der Waals surface area contributed by atoms with Gasteiger partial charge in [0.15, 0.2) is 0 Å². The predicted octanol–water partition coefficient (Wildman–Crippen LogP) is 2.74. The van der Waals surface area contributed by atoms with E-state index in [2.05, 4.69) is 34.7 Å². The average Bonchev–Trinajstić information content (AvgIpc) is 2.54. The van der Waals surface area contributed by atoms with Gasteiger partial charge in [0.2, 0.25) is 5.91 Å². The van der Waals surface area contributed by atoms with Crippen LogP contribution >= 0.6 is 0 Å². The molecule has 122 valence electrons. The topological polar surface area (TPSA) is 44.4 Å². The maximum Gasteiger partial charge on any atom is 0.239 e. The molecule has 0 bridgehead atoms. The minimum absolute atomic E-state index is 0.00876. The van der Waals surface area contributed by atoms with Crippen LogP contribution in [-0.4, -0.2) is 37.0 Å². The van der Waals surface area contributed by atoms with Crippen LogP contribution in [-0.2, 0) is 11.3 Å². The highest BCUT2D eigenvalue weighted by Crippen LogP contribution is 2.04. The molecule has 1 amide bonds. The molecule has 0 radical (unpaired) electrons. The van der Waals surface area contributed by atoms with Crippen LogP contribution in [0.3, 0.4) is 0 Å². The second-order valence-electron chi connectivity index (χ2n) is 5.87. The number of anilines is 1. The number of hydrogen-bond acceptors (Lipinski definition) is 3. The molecule has 2 N–H and O–H groups in total. The van der Waals surface area contributed by atoms with Gasteiger partial charge < -0.3 is 15.5 Å². The molecule has 2 rings (SSSR count). The molecule has 0 saturated carbocycles. The van der Waals surface area contributed by atoms with Crippen LogP contribution in [0.1, 0.15) is 12.5 Å². The molecular weight excluding hydrogens is 286 g/mol. The van der Waals surface area contributed by atoms with Crippen LogP contribution in [0.25, 0.3) is 0 Å². The zero-order chi connectivity index (χ0) is 16.5. The molecule has 2 aromatic carbocycles. The van der Waals surface area contributed by atoms with E-state index in [4.69, 9.17) is 0 Å². The molecule has 1 unspecified atom stereocenters. The standard InChI is InChI=1S/C19H25N3O/c1-16(14-22(2)15-17-9-5-3-6-10-17)21-19(23)13-20-18-11-7-4-8-12-18/h3-12,16,20H,13-15H2,1-2H3,(H,21,23). The van der Waals surface area contributed by atoms with Crippen molar-refractivity contribution in [3.63, 3.8) is 0 Å². The minimum Gasteiger partial charge on any atom is -0.376 e. The van der Waals surface area contributed by atoms with E-state index in [0.717, 1.165) is 18.8 Å². The van der Waals surface area contributed by atoms with Crippen LogP contribution in [0.5, 0.6) is 0 Å². The smallest absolute Gasteiger partial charge is 0.239 e. The summed E-state index contributed by atoms with van der Waals surface area (Å²) in [6.45, 7) is 4.01. The summed E-state index contributed by atoms with van der Waals surface area (Å²) < 4.78 is 0. The number of amides is 1.